The van der Waals surface area contributed by atoms with Crippen LogP contribution in [0.15, 0.2) is 196 Å². The second kappa shape index (κ2) is 55.0. The number of fused-ring (bicyclic) bond motifs is 2. The van der Waals surface area contributed by atoms with E-state index < -0.39 is 47.6 Å². The van der Waals surface area contributed by atoms with E-state index in [4.69, 9.17) is 20.4 Å². The average Bonchev–Trinajstić information content (AvgIpc) is 1.66. The van der Waals surface area contributed by atoms with Gasteiger partial charge in [-0.1, -0.05) is 92.2 Å². The molecular weight excluding hydrogens is 1690 g/mol. The number of nitrogens with zero attached hydrogens (tertiary/aromatic N) is 5. The first-order valence-corrected chi connectivity index (χ1v) is 40.5. The number of aliphatic hydroxyl groups is 1. The molecule has 0 saturated carbocycles. The van der Waals surface area contributed by atoms with Gasteiger partial charge in [0.2, 0.25) is 5.91 Å². The summed E-state index contributed by atoms with van der Waals surface area (Å²) in [4.78, 5) is 152. The van der Waals surface area contributed by atoms with Crippen molar-refractivity contribution in [3.05, 3.63) is 238 Å². The lowest BCUT2D eigenvalue weighted by atomic mass is 9.99. The zero-order valence-electron chi connectivity index (χ0n) is 71.2. The number of methoxy groups -OCH3 is 6. The molecule has 7 heterocycles. The van der Waals surface area contributed by atoms with Crippen molar-refractivity contribution in [3.63, 3.8) is 0 Å². The number of thioether (sulfide) groups is 1. The smallest absolute Gasteiger partial charge is 0.435 e. The minimum absolute atomic E-state index is 0.0273. The van der Waals surface area contributed by atoms with Gasteiger partial charge in [0.15, 0.2) is 28.8 Å². The summed E-state index contributed by atoms with van der Waals surface area (Å²) in [7, 11) is 10.9. The number of aromatic amines is 1. The molecule has 0 radical (unpaired) electrons. The van der Waals surface area contributed by atoms with Gasteiger partial charge in [0.25, 0.3) is 17.7 Å². The first kappa shape index (κ1) is 103. The average molecular weight is 1790 g/mol. The van der Waals surface area contributed by atoms with E-state index in [1.54, 1.807) is 91.5 Å². The maximum atomic E-state index is 12.4. The number of allylic oxidation sites excluding steroid dienone is 3. The molecule has 37 heteroatoms. The second-order valence-corrected chi connectivity index (χ2v) is 28.9. The summed E-state index contributed by atoms with van der Waals surface area (Å²) in [6.45, 7) is 7.14. The van der Waals surface area contributed by atoms with E-state index in [0.717, 1.165) is 54.2 Å². The van der Waals surface area contributed by atoms with Gasteiger partial charge in [0.1, 0.15) is 34.2 Å². The summed E-state index contributed by atoms with van der Waals surface area (Å²) in [5.74, 6) is -2.10. The molecule has 0 bridgehead atoms. The number of furan rings is 2. The quantitative estimate of drug-likeness (QED) is 0.00963. The van der Waals surface area contributed by atoms with Crippen LogP contribution in [0.5, 0.6) is 0 Å². The number of alkyl halides is 3. The topological polar surface area (TPSA) is 427 Å². The molecule has 674 valence electrons. The summed E-state index contributed by atoms with van der Waals surface area (Å²) in [5.41, 5.74) is 3.99. The highest BCUT2D eigenvalue weighted by atomic mass is 35.5. The maximum absolute atomic E-state index is 12.4. The van der Waals surface area contributed by atoms with E-state index >= 15 is 0 Å². The van der Waals surface area contributed by atoms with Crippen LogP contribution in [-0.2, 0) is 107 Å². The molecule has 126 heavy (non-hydrogen) atoms. The van der Waals surface area contributed by atoms with Gasteiger partial charge in [-0.2, -0.15) is 23.4 Å². The fourth-order valence-corrected chi connectivity index (χ4v) is 12.7. The number of rotatable bonds is 33. The van der Waals surface area contributed by atoms with Crippen molar-refractivity contribution >= 4 is 117 Å². The number of ketones is 3. The molecular formula is C89H102ClF3N10O22S. The van der Waals surface area contributed by atoms with E-state index in [-0.39, 0.29) is 96.2 Å². The highest BCUT2D eigenvalue weighted by Crippen LogP contribution is 2.38. The normalized spacial score (nSPS) is 13.0. The Kier molecular flexibility index (Phi) is 45.1. The number of carbonyl (C=O) groups is 13. The van der Waals surface area contributed by atoms with Gasteiger partial charge in [0.05, 0.1) is 66.8 Å². The third-order valence-electron chi connectivity index (χ3n) is 18.0. The molecule has 2 aliphatic heterocycles. The predicted molar refractivity (Wildman–Crippen MR) is 461 cm³/mol. The monoisotopic (exact) mass is 1790 g/mol. The minimum Gasteiger partial charge on any atom is -0.466 e. The molecule has 10 rings (SSSR count). The molecule has 0 aliphatic carbocycles. The van der Waals surface area contributed by atoms with Crippen LogP contribution < -0.4 is 21.3 Å². The lowest BCUT2D eigenvalue weighted by molar-refractivity contribution is -0.141. The number of H-pyrrole nitrogens is 1. The van der Waals surface area contributed by atoms with Crippen LogP contribution in [-0.4, -0.2) is 192 Å². The fraction of sp³-hybridized carbons (Fsp3) is 0.337. The number of nitrogens with one attached hydrogen (secondary N) is 5. The van der Waals surface area contributed by atoms with Gasteiger partial charge in [-0.3, -0.25) is 48.2 Å². The van der Waals surface area contributed by atoms with Crippen molar-refractivity contribution in [3.8, 4) is 11.4 Å². The number of carbonyl (C=O) groups excluding carboxylic acids is 13. The van der Waals surface area contributed by atoms with Crippen molar-refractivity contribution in [2.24, 2.45) is 20.0 Å². The van der Waals surface area contributed by atoms with Crippen LogP contribution in [0.4, 0.5) is 18.9 Å². The molecule has 0 spiro atoms. The first-order valence-electron chi connectivity index (χ1n) is 39.2. The first-order chi connectivity index (χ1) is 60.3. The van der Waals surface area contributed by atoms with Gasteiger partial charge in [0, 0.05) is 140 Å². The summed E-state index contributed by atoms with van der Waals surface area (Å²) in [6.07, 6.45) is 20.1. The number of anilines is 1. The summed E-state index contributed by atoms with van der Waals surface area (Å²) < 4.78 is 77.7. The number of hydrogen-bond donors (Lipinski definition) is 6. The van der Waals surface area contributed by atoms with Crippen molar-refractivity contribution in [2.75, 3.05) is 80.7 Å². The lowest BCUT2D eigenvalue weighted by Crippen LogP contribution is -2.32. The SMILES string of the molecule is CCC(=O)Nc1cccc(C(=O)CC/C=C/C(=O)OC)c1.COC(=O)/C=C/CCC(=O)C1Cc2ccccc2S1.COC(=O)/C=C/CCC(=O)c1cc2cc(Cl)cc(CO)c2o1.COC(=O)/C=C/CNC(=O)c1cc(-c2cccn2C)n[nH]1.COC(=O)/C=C/CNC(=O)c1cc(C(F)(F)F)nn1C.COC(=O)/C=C/CNC(=O)c1ccc(CN2CCC(C)CC2)o1. The number of amides is 4. The minimum atomic E-state index is -4.61. The number of aryl methyl sites for hydroxylation is 2. The zero-order valence-corrected chi connectivity index (χ0v) is 72.7. The van der Waals surface area contributed by atoms with Gasteiger partial charge in [-0.15, -0.1) is 11.8 Å². The number of aromatic nitrogens is 5. The number of esters is 6. The second-order valence-electron chi connectivity index (χ2n) is 27.2. The fourth-order valence-electron chi connectivity index (χ4n) is 11.2. The third kappa shape index (κ3) is 37.0. The Morgan fingerprint density at radius 1 is 0.611 bits per heavy atom. The van der Waals surface area contributed by atoms with Crippen LogP contribution in [0, 0.1) is 5.92 Å². The lowest BCUT2D eigenvalue weighted by Gasteiger charge is -2.29. The highest BCUT2D eigenvalue weighted by molar-refractivity contribution is 8.01. The number of aliphatic hydroxyl groups excluding tert-OH is 1. The Balaban J connectivity index is 0.000000269. The van der Waals surface area contributed by atoms with Crippen LogP contribution >= 0.6 is 23.4 Å². The molecule has 6 N–H and O–H groups in total. The molecule has 8 aromatic rings. The number of piperidine rings is 1. The Labute approximate surface area is 734 Å². The largest absolute Gasteiger partial charge is 0.466 e. The van der Waals surface area contributed by atoms with Gasteiger partial charge >= 0.3 is 42.0 Å². The molecule has 1 saturated heterocycles. The van der Waals surface area contributed by atoms with Gasteiger partial charge < -0.3 is 68.2 Å². The third-order valence-corrected chi connectivity index (χ3v) is 19.6. The number of Topliss-reactive ketones (excluding diaryl/α,β-unsaturated/α-hetero) is 3. The molecule has 2 aliphatic rings. The standard InChI is InChI=1S/C17H24N2O4.C16H15ClO5.C16H19NO4.C15H16O3S.C14H16N4O3.C11H12F3N3O3/c1-13-7-10-19(11-8-13)12-14-5-6-15(23-14)17(21)18-9-3-4-16(20)22-2;1-21-15(20)5-3-2-4-13(19)14-8-10-6-12(17)7-11(9-18)16(10)22-14;1-3-15(19)17-13-8-6-7-12(11-13)14(18)9-4-5-10-16(20)21-2;1-18-15(17)9-5-3-7-12(16)14-10-11-6-2-4-8-13(11)19-14;1-18-8-4-5-12(18)10-9-11(17-16-10)14(20)15-7-3-6-13(19)21-2;1-17-7(6-8(16-17)11(12,13)14)10(19)15-5-3-4-9(18)20-2/h3-6,13H,7-12H2,1-2H3,(H,18,21);3,5-8,18H,2,4,9H2,1H3;5-8,10-11H,3-4,9H2,1-2H3,(H,17,19);2,4-6,8-9,14H,3,7,10H2,1H3;3-6,8-9H,7H2,1-2H3,(H,15,20)(H,16,17);3-4,6H,5H2,1-2H3,(H,15,19)/b4-3+;5-3+;10-5+;9-5+;6-3+;4-3+. The van der Waals surface area contributed by atoms with Crippen molar-refractivity contribution in [1.29, 1.82) is 0 Å². The van der Waals surface area contributed by atoms with Crippen molar-refractivity contribution in [1.82, 2.24) is 45.4 Å². The molecule has 1 atom stereocenters. The van der Waals surface area contributed by atoms with Crippen LogP contribution in [0.2, 0.25) is 5.02 Å². The molecule has 4 amide bonds. The Morgan fingerprint density at radius 3 is 1.69 bits per heavy atom. The number of hydrogen-bond acceptors (Lipinski definition) is 26. The Hall–Kier alpha value is -13.3. The molecule has 1 unspecified atom stereocenters. The van der Waals surface area contributed by atoms with Gasteiger partial charge in [-0.05, 0) is 130 Å². The van der Waals surface area contributed by atoms with Crippen LogP contribution in [0.1, 0.15) is 147 Å². The van der Waals surface area contributed by atoms with Gasteiger partial charge in [-0.25, -0.2) is 28.8 Å². The molecule has 32 nitrogen and oxygen atoms in total. The predicted octanol–water partition coefficient (Wildman–Crippen LogP) is 12.5. The molecule has 5 aromatic heterocycles. The highest BCUT2D eigenvalue weighted by Gasteiger charge is 2.36. The number of benzene rings is 3. The van der Waals surface area contributed by atoms with E-state index in [9.17, 15) is 80.6 Å². The Morgan fingerprint density at radius 2 is 1.16 bits per heavy atom. The number of halogens is 4. The Bertz CT molecular complexity index is 5170. The van der Waals surface area contributed by atoms with E-state index in [0.29, 0.717) is 88.8 Å². The van der Waals surface area contributed by atoms with E-state index in [1.165, 1.54) is 122 Å². The van der Waals surface area contributed by atoms with Crippen molar-refractivity contribution < 1.29 is 118 Å². The summed E-state index contributed by atoms with van der Waals surface area (Å²) in [6, 6.07) is 29.5. The van der Waals surface area contributed by atoms with E-state index in [2.05, 4.69) is 88.9 Å². The molecule has 3 aromatic carbocycles. The van der Waals surface area contributed by atoms with Crippen LogP contribution in [0.3, 0.4) is 0 Å². The molecule has 1 fully saturated rings. The maximum Gasteiger partial charge on any atom is 0.435 e. The van der Waals surface area contributed by atoms with Crippen LogP contribution in [0.25, 0.3) is 22.4 Å². The number of likely N-dealkylation sites (tertiary alicyclic amines) is 1. The van der Waals surface area contributed by atoms with E-state index in [1.807, 2.05) is 48.1 Å². The van der Waals surface area contributed by atoms with Crippen molar-refractivity contribution in [2.45, 2.75) is 108 Å². The zero-order chi connectivity index (χ0) is 92.7. The summed E-state index contributed by atoms with van der Waals surface area (Å²) in [5, 5.41) is 30.8. The summed E-state index contributed by atoms with van der Waals surface area (Å²) >= 11 is 7.59. The number of ether oxygens (including phenoxy) is 6.